The summed E-state index contributed by atoms with van der Waals surface area (Å²) in [6, 6.07) is 77.7. The van der Waals surface area contributed by atoms with E-state index in [1.54, 1.807) is 12.1 Å². The second-order valence-corrected chi connectivity index (χ2v) is 16.6. The molecule has 1 atom stereocenters. The molecule has 0 saturated carbocycles. The second kappa shape index (κ2) is 13.9. The van der Waals surface area contributed by atoms with E-state index >= 15 is 0 Å². The van der Waals surface area contributed by atoms with E-state index < -0.39 is 5.41 Å². The van der Waals surface area contributed by atoms with E-state index in [0.29, 0.717) is 0 Å². The first kappa shape index (κ1) is 35.8. The molecule has 0 fully saturated rings. The molecular formula is C58H42FN. The van der Waals surface area contributed by atoms with Crippen LogP contribution in [0.1, 0.15) is 47.2 Å². The summed E-state index contributed by atoms with van der Waals surface area (Å²) in [5, 5.41) is 0. The minimum atomic E-state index is -0.725. The molecule has 0 aromatic heterocycles. The number of hydrogen-bond donors (Lipinski definition) is 0. The lowest BCUT2D eigenvalue weighted by Crippen LogP contribution is -2.29. The van der Waals surface area contributed by atoms with Crippen molar-refractivity contribution in [2.24, 2.45) is 0 Å². The summed E-state index contributed by atoms with van der Waals surface area (Å²) in [5.74, 6) is -0.251. The van der Waals surface area contributed by atoms with Crippen LogP contribution < -0.4 is 4.90 Å². The molecule has 286 valence electrons. The van der Waals surface area contributed by atoms with E-state index in [-0.39, 0.29) is 11.2 Å². The predicted molar refractivity (Wildman–Crippen MR) is 247 cm³/mol. The minimum absolute atomic E-state index is 0.171. The summed E-state index contributed by atoms with van der Waals surface area (Å²) in [5.41, 5.74) is 19.1. The Kier molecular flexibility index (Phi) is 8.32. The first-order chi connectivity index (χ1) is 29.4. The van der Waals surface area contributed by atoms with Crippen LogP contribution in [0.25, 0.3) is 44.5 Å². The quantitative estimate of drug-likeness (QED) is 0.156. The Bertz CT molecular complexity index is 3060. The molecule has 0 amide bonds. The van der Waals surface area contributed by atoms with Gasteiger partial charge in [-0.3, -0.25) is 0 Å². The van der Waals surface area contributed by atoms with Gasteiger partial charge in [-0.2, -0.15) is 0 Å². The topological polar surface area (TPSA) is 3.24 Å². The summed E-state index contributed by atoms with van der Waals surface area (Å²) in [6.45, 7) is 4.69. The zero-order valence-corrected chi connectivity index (χ0v) is 33.6. The number of para-hydroxylation sites is 1. The zero-order chi connectivity index (χ0) is 40.4. The summed E-state index contributed by atoms with van der Waals surface area (Å²) in [6.07, 6.45) is 0. The molecule has 0 spiro atoms. The van der Waals surface area contributed by atoms with Gasteiger partial charge in [-0.05, 0) is 115 Å². The van der Waals surface area contributed by atoms with Gasteiger partial charge >= 0.3 is 0 Å². The number of benzene rings is 9. The standard InChI is InChI=1S/C58H42FN/c1-57(2)52-22-12-9-20-48(52)50-35-33-45(37-54(50)57)60(56-24-14-11-19-47(56)41-17-7-4-8-18-41)46-34-36-51-49-21-10-13-23-53(49)58(55(51)38-46,43-29-31-44(59)32-30-43)42-27-25-40(26-28-42)39-15-5-3-6-16-39/h3-38H,1-2H3. The molecule has 1 unspecified atom stereocenters. The van der Waals surface area contributed by atoms with E-state index in [9.17, 15) is 4.39 Å². The Balaban J connectivity index is 1.18. The van der Waals surface area contributed by atoms with Crippen molar-refractivity contribution in [3.8, 4) is 44.5 Å². The normalized spacial score (nSPS) is 15.4. The number of anilines is 3. The fourth-order valence-electron chi connectivity index (χ4n) is 10.2. The van der Waals surface area contributed by atoms with Crippen LogP contribution in [0.5, 0.6) is 0 Å². The van der Waals surface area contributed by atoms with Crippen molar-refractivity contribution < 1.29 is 4.39 Å². The Morgan fingerprint density at radius 1 is 0.350 bits per heavy atom. The van der Waals surface area contributed by atoms with Crippen LogP contribution >= 0.6 is 0 Å². The Hall–Kier alpha value is -7.29. The lowest BCUT2D eigenvalue weighted by atomic mass is 9.67. The van der Waals surface area contributed by atoms with Gasteiger partial charge in [0.05, 0.1) is 11.1 Å². The monoisotopic (exact) mass is 771 g/mol. The molecule has 2 aliphatic rings. The highest BCUT2D eigenvalue weighted by Gasteiger charge is 2.46. The molecule has 0 saturated heterocycles. The molecule has 2 aliphatic carbocycles. The maximum absolute atomic E-state index is 14.9. The Labute approximate surface area is 351 Å². The first-order valence-corrected chi connectivity index (χ1v) is 20.8. The molecule has 2 heteroatoms. The molecule has 1 nitrogen and oxygen atoms in total. The van der Waals surface area contributed by atoms with Gasteiger partial charge in [-0.1, -0.05) is 190 Å². The molecule has 0 heterocycles. The van der Waals surface area contributed by atoms with Gasteiger partial charge in [0.15, 0.2) is 0 Å². The van der Waals surface area contributed by atoms with Gasteiger partial charge in [0.2, 0.25) is 0 Å². The lowest BCUT2D eigenvalue weighted by molar-refractivity contribution is 0.625. The van der Waals surface area contributed by atoms with Gasteiger partial charge in [0, 0.05) is 22.4 Å². The molecular weight excluding hydrogens is 730 g/mol. The van der Waals surface area contributed by atoms with Crippen LogP contribution in [-0.2, 0) is 10.8 Å². The van der Waals surface area contributed by atoms with Crippen molar-refractivity contribution in [2.45, 2.75) is 24.7 Å². The third-order valence-corrected chi connectivity index (χ3v) is 13.0. The summed E-state index contributed by atoms with van der Waals surface area (Å²) >= 11 is 0. The highest BCUT2D eigenvalue weighted by atomic mass is 19.1. The van der Waals surface area contributed by atoms with E-state index in [0.717, 1.165) is 50.4 Å². The van der Waals surface area contributed by atoms with Gasteiger partial charge in [0.1, 0.15) is 5.82 Å². The fourth-order valence-corrected chi connectivity index (χ4v) is 10.2. The van der Waals surface area contributed by atoms with Crippen LogP contribution in [0.4, 0.5) is 21.5 Å². The van der Waals surface area contributed by atoms with E-state index in [1.807, 2.05) is 12.1 Å². The van der Waals surface area contributed by atoms with Crippen molar-refractivity contribution in [1.29, 1.82) is 0 Å². The maximum Gasteiger partial charge on any atom is 0.123 e. The van der Waals surface area contributed by atoms with Crippen LogP contribution in [0.3, 0.4) is 0 Å². The molecule has 9 aromatic rings. The highest BCUT2D eigenvalue weighted by Crippen LogP contribution is 2.58. The van der Waals surface area contributed by atoms with Crippen LogP contribution in [0.15, 0.2) is 218 Å². The van der Waals surface area contributed by atoms with Crippen molar-refractivity contribution in [3.63, 3.8) is 0 Å². The van der Waals surface area contributed by atoms with Gasteiger partial charge < -0.3 is 4.90 Å². The molecule has 60 heavy (non-hydrogen) atoms. The molecule has 9 aromatic carbocycles. The van der Waals surface area contributed by atoms with E-state index in [4.69, 9.17) is 0 Å². The smallest absolute Gasteiger partial charge is 0.123 e. The van der Waals surface area contributed by atoms with Gasteiger partial charge in [-0.15, -0.1) is 0 Å². The number of halogens is 1. The van der Waals surface area contributed by atoms with Crippen molar-refractivity contribution >= 4 is 17.1 Å². The summed E-state index contributed by atoms with van der Waals surface area (Å²) < 4.78 is 14.9. The summed E-state index contributed by atoms with van der Waals surface area (Å²) in [7, 11) is 0. The van der Waals surface area contributed by atoms with Crippen LogP contribution in [0, 0.1) is 5.82 Å². The molecule has 0 aliphatic heterocycles. The number of rotatable bonds is 7. The third-order valence-electron chi connectivity index (χ3n) is 13.0. The largest absolute Gasteiger partial charge is 0.310 e. The van der Waals surface area contributed by atoms with Crippen LogP contribution in [0.2, 0.25) is 0 Å². The fraction of sp³-hybridized carbons (Fsp3) is 0.0690. The van der Waals surface area contributed by atoms with E-state index in [1.165, 1.54) is 44.5 Å². The van der Waals surface area contributed by atoms with Crippen LogP contribution in [-0.4, -0.2) is 0 Å². The predicted octanol–water partition coefficient (Wildman–Crippen LogP) is 15.3. The Morgan fingerprint density at radius 3 is 1.45 bits per heavy atom. The number of nitrogens with zero attached hydrogens (tertiary/aromatic N) is 1. The third kappa shape index (κ3) is 5.44. The molecule has 0 bridgehead atoms. The van der Waals surface area contributed by atoms with E-state index in [2.05, 4.69) is 213 Å². The molecule has 0 radical (unpaired) electrons. The average Bonchev–Trinajstić information content (AvgIpc) is 3.72. The number of fused-ring (bicyclic) bond motifs is 6. The van der Waals surface area contributed by atoms with Gasteiger partial charge in [-0.25, -0.2) is 4.39 Å². The minimum Gasteiger partial charge on any atom is -0.310 e. The number of hydrogen-bond acceptors (Lipinski definition) is 1. The summed E-state index contributed by atoms with van der Waals surface area (Å²) in [4.78, 5) is 2.44. The van der Waals surface area contributed by atoms with Crippen molar-refractivity contribution in [3.05, 3.63) is 258 Å². The second-order valence-electron chi connectivity index (χ2n) is 16.6. The maximum atomic E-state index is 14.9. The lowest BCUT2D eigenvalue weighted by Gasteiger charge is -2.35. The first-order valence-electron chi connectivity index (χ1n) is 20.8. The SMILES string of the molecule is CC1(C)c2ccccc2-c2ccc(N(c3ccc4c(c3)C(c3ccc(F)cc3)(c3ccc(-c5ccccc5)cc3)c3ccccc3-4)c3ccccc3-c3ccccc3)cc21. The molecule has 11 rings (SSSR count). The van der Waals surface area contributed by atoms with Gasteiger partial charge in [0.25, 0.3) is 0 Å². The van der Waals surface area contributed by atoms with Crippen molar-refractivity contribution in [1.82, 2.24) is 0 Å². The van der Waals surface area contributed by atoms with Crippen molar-refractivity contribution in [2.75, 3.05) is 4.90 Å². The molecule has 0 N–H and O–H groups in total. The Morgan fingerprint density at radius 2 is 0.800 bits per heavy atom. The zero-order valence-electron chi connectivity index (χ0n) is 33.6. The average molecular weight is 772 g/mol. The highest BCUT2D eigenvalue weighted by molar-refractivity contribution is 5.93.